The van der Waals surface area contributed by atoms with Gasteiger partial charge in [0.2, 0.25) is 0 Å². The number of aryl methyl sites for hydroxylation is 1. The summed E-state index contributed by atoms with van der Waals surface area (Å²) in [6, 6.07) is 10.2. The van der Waals surface area contributed by atoms with Crippen molar-refractivity contribution in [2.45, 2.75) is 32.7 Å². The lowest BCUT2D eigenvalue weighted by atomic mass is 9.97. The maximum absolute atomic E-state index is 12.6. The largest absolute Gasteiger partial charge is 0.385 e. The fourth-order valence-corrected chi connectivity index (χ4v) is 3.63. The Labute approximate surface area is 129 Å². The van der Waals surface area contributed by atoms with E-state index in [1.165, 1.54) is 9.75 Å². The number of fused-ring (bicyclic) bond motifs is 1. The molecule has 3 nitrogen and oxygen atoms in total. The van der Waals surface area contributed by atoms with E-state index in [1.807, 2.05) is 19.1 Å². The van der Waals surface area contributed by atoms with Crippen LogP contribution in [0.1, 0.15) is 45.1 Å². The van der Waals surface area contributed by atoms with Gasteiger partial charge in [-0.05, 0) is 56.5 Å². The normalized spacial score (nSPS) is 15.0. The van der Waals surface area contributed by atoms with Gasteiger partial charge in [-0.2, -0.15) is 0 Å². The van der Waals surface area contributed by atoms with Crippen LogP contribution in [0.5, 0.6) is 0 Å². The summed E-state index contributed by atoms with van der Waals surface area (Å²) >= 11 is 1.73. The topological polar surface area (TPSA) is 41.1 Å². The van der Waals surface area contributed by atoms with Crippen LogP contribution < -0.4 is 10.6 Å². The second kappa shape index (κ2) is 5.90. The molecule has 2 N–H and O–H groups in total. The summed E-state index contributed by atoms with van der Waals surface area (Å²) in [6.07, 6.45) is 2.05. The second-order valence-electron chi connectivity index (χ2n) is 5.51. The van der Waals surface area contributed by atoms with Crippen molar-refractivity contribution < 1.29 is 4.79 Å². The Morgan fingerprint density at radius 2 is 2.19 bits per heavy atom. The molecule has 1 unspecified atom stereocenters. The Morgan fingerprint density at radius 3 is 2.95 bits per heavy atom. The van der Waals surface area contributed by atoms with Gasteiger partial charge in [-0.1, -0.05) is 6.07 Å². The minimum atomic E-state index is 0.0223. The molecule has 0 spiro atoms. The van der Waals surface area contributed by atoms with Gasteiger partial charge in [0.15, 0.2) is 0 Å². The van der Waals surface area contributed by atoms with Crippen molar-refractivity contribution in [1.29, 1.82) is 0 Å². The van der Waals surface area contributed by atoms with Crippen molar-refractivity contribution in [3.63, 3.8) is 0 Å². The van der Waals surface area contributed by atoms with Crippen LogP contribution in [-0.4, -0.2) is 12.5 Å². The Hall–Kier alpha value is -1.81. The van der Waals surface area contributed by atoms with E-state index in [0.717, 1.165) is 36.2 Å². The van der Waals surface area contributed by atoms with Gasteiger partial charge in [0.1, 0.15) is 0 Å². The van der Waals surface area contributed by atoms with E-state index >= 15 is 0 Å². The van der Waals surface area contributed by atoms with Gasteiger partial charge in [-0.3, -0.25) is 4.79 Å². The molecular formula is C17H20N2OS. The van der Waals surface area contributed by atoms with E-state index in [2.05, 4.69) is 35.8 Å². The van der Waals surface area contributed by atoms with Crippen LogP contribution in [0.25, 0.3) is 0 Å². The fraction of sp³-hybridized carbons (Fsp3) is 0.353. The van der Waals surface area contributed by atoms with E-state index in [0.29, 0.717) is 0 Å². The first kappa shape index (κ1) is 14.1. The molecule has 0 saturated carbocycles. The van der Waals surface area contributed by atoms with E-state index in [-0.39, 0.29) is 11.9 Å². The van der Waals surface area contributed by atoms with Crippen molar-refractivity contribution in [2.75, 3.05) is 11.9 Å². The third kappa shape index (κ3) is 2.95. The molecular weight excluding hydrogens is 280 g/mol. The summed E-state index contributed by atoms with van der Waals surface area (Å²) < 4.78 is 0. The number of nitrogens with one attached hydrogen (secondary N) is 2. The molecule has 1 aromatic heterocycles. The van der Waals surface area contributed by atoms with E-state index < -0.39 is 0 Å². The van der Waals surface area contributed by atoms with Gasteiger partial charge in [0.05, 0.1) is 6.04 Å². The van der Waals surface area contributed by atoms with Gasteiger partial charge in [0.25, 0.3) is 5.91 Å². The molecule has 1 aliphatic heterocycles. The van der Waals surface area contributed by atoms with Crippen LogP contribution >= 0.6 is 11.3 Å². The number of carbonyl (C=O) groups is 1. The number of benzene rings is 1. The summed E-state index contributed by atoms with van der Waals surface area (Å²) in [5.41, 5.74) is 3.06. The highest BCUT2D eigenvalue weighted by atomic mass is 32.1. The van der Waals surface area contributed by atoms with Crippen LogP contribution in [0.15, 0.2) is 30.3 Å². The highest BCUT2D eigenvalue weighted by Crippen LogP contribution is 2.27. The quantitative estimate of drug-likeness (QED) is 0.902. The van der Waals surface area contributed by atoms with Gasteiger partial charge < -0.3 is 10.6 Å². The predicted octanol–water partition coefficient (Wildman–Crippen LogP) is 3.91. The zero-order chi connectivity index (χ0) is 14.8. The molecule has 3 rings (SSSR count). The molecule has 2 aromatic rings. The van der Waals surface area contributed by atoms with Crippen molar-refractivity contribution in [3.8, 4) is 0 Å². The highest BCUT2D eigenvalue weighted by Gasteiger charge is 2.19. The molecule has 0 radical (unpaired) electrons. The molecule has 1 amide bonds. The number of rotatable bonds is 3. The van der Waals surface area contributed by atoms with Gasteiger partial charge in [-0.25, -0.2) is 0 Å². The highest BCUT2D eigenvalue weighted by molar-refractivity contribution is 7.12. The Morgan fingerprint density at radius 1 is 1.33 bits per heavy atom. The Kier molecular flexibility index (Phi) is 3.97. The lowest BCUT2D eigenvalue weighted by Gasteiger charge is -2.21. The molecule has 110 valence electrons. The number of hydrogen-bond donors (Lipinski definition) is 2. The van der Waals surface area contributed by atoms with Crippen LogP contribution in [0.3, 0.4) is 0 Å². The van der Waals surface area contributed by atoms with Crippen molar-refractivity contribution in [3.05, 3.63) is 51.2 Å². The summed E-state index contributed by atoms with van der Waals surface area (Å²) in [5.74, 6) is 0.0223. The molecule has 1 aromatic carbocycles. The van der Waals surface area contributed by atoms with Crippen LogP contribution in [0.2, 0.25) is 0 Å². The lowest BCUT2D eigenvalue weighted by Crippen LogP contribution is -2.28. The SMILES string of the molecule is Cc1ccc(C(C)NC(=O)c2cccc3c2CCCN3)s1. The summed E-state index contributed by atoms with van der Waals surface area (Å²) in [6.45, 7) is 5.11. The zero-order valence-electron chi connectivity index (χ0n) is 12.4. The van der Waals surface area contributed by atoms with E-state index in [4.69, 9.17) is 0 Å². The average molecular weight is 300 g/mol. The minimum absolute atomic E-state index is 0.0223. The average Bonchev–Trinajstić information content (AvgIpc) is 2.93. The number of amides is 1. The zero-order valence-corrected chi connectivity index (χ0v) is 13.2. The maximum atomic E-state index is 12.6. The summed E-state index contributed by atoms with van der Waals surface area (Å²) in [4.78, 5) is 15.0. The Bertz CT molecular complexity index is 663. The van der Waals surface area contributed by atoms with Crippen molar-refractivity contribution in [1.82, 2.24) is 5.32 Å². The van der Waals surface area contributed by atoms with Gasteiger partial charge in [0, 0.05) is 27.5 Å². The summed E-state index contributed by atoms with van der Waals surface area (Å²) in [5, 5.41) is 6.49. The number of hydrogen-bond acceptors (Lipinski definition) is 3. The maximum Gasteiger partial charge on any atom is 0.252 e. The van der Waals surface area contributed by atoms with Gasteiger partial charge >= 0.3 is 0 Å². The number of thiophene rings is 1. The predicted molar refractivity (Wildman–Crippen MR) is 88.2 cm³/mol. The lowest BCUT2D eigenvalue weighted by molar-refractivity contribution is 0.0939. The number of anilines is 1. The minimum Gasteiger partial charge on any atom is -0.385 e. The molecule has 21 heavy (non-hydrogen) atoms. The van der Waals surface area contributed by atoms with Crippen molar-refractivity contribution in [2.24, 2.45) is 0 Å². The molecule has 4 heteroatoms. The van der Waals surface area contributed by atoms with Crippen LogP contribution in [0.4, 0.5) is 5.69 Å². The smallest absolute Gasteiger partial charge is 0.252 e. The Balaban J connectivity index is 1.79. The molecule has 0 saturated heterocycles. The number of carbonyl (C=O) groups excluding carboxylic acids is 1. The molecule has 1 aliphatic rings. The van der Waals surface area contributed by atoms with Gasteiger partial charge in [-0.15, -0.1) is 11.3 Å². The summed E-state index contributed by atoms with van der Waals surface area (Å²) in [7, 11) is 0. The molecule has 2 heterocycles. The monoisotopic (exact) mass is 300 g/mol. The van der Waals surface area contributed by atoms with Crippen LogP contribution in [0, 0.1) is 6.92 Å². The molecule has 0 aliphatic carbocycles. The van der Waals surface area contributed by atoms with Crippen molar-refractivity contribution >= 4 is 22.9 Å². The molecule has 1 atom stereocenters. The van der Waals surface area contributed by atoms with Crippen LogP contribution in [-0.2, 0) is 6.42 Å². The first-order chi connectivity index (χ1) is 10.1. The third-order valence-corrected chi connectivity index (χ3v) is 5.06. The van der Waals surface area contributed by atoms with E-state index in [9.17, 15) is 4.79 Å². The molecule has 0 fully saturated rings. The third-order valence-electron chi connectivity index (χ3n) is 3.88. The molecule has 0 bridgehead atoms. The standard InChI is InChI=1S/C17H20N2OS/c1-11-8-9-16(21-11)12(2)19-17(20)14-5-3-7-15-13(14)6-4-10-18-15/h3,5,7-9,12,18H,4,6,10H2,1-2H3,(H,19,20). The van der Waals surface area contributed by atoms with E-state index in [1.54, 1.807) is 11.3 Å². The fourth-order valence-electron chi connectivity index (χ4n) is 2.75. The first-order valence-corrected chi connectivity index (χ1v) is 8.20. The first-order valence-electron chi connectivity index (χ1n) is 7.38. The second-order valence-corrected chi connectivity index (χ2v) is 6.83.